The van der Waals surface area contributed by atoms with Crippen LogP contribution >= 0.6 is 0 Å². The van der Waals surface area contributed by atoms with E-state index in [0.717, 1.165) is 45.4 Å². The number of ether oxygens (including phenoxy) is 2. The van der Waals surface area contributed by atoms with Crippen LogP contribution in [-0.2, 0) is 14.3 Å². The molecule has 0 aromatic carbocycles. The van der Waals surface area contributed by atoms with Gasteiger partial charge in [-0.25, -0.2) is 0 Å². The van der Waals surface area contributed by atoms with Crippen molar-refractivity contribution in [2.45, 2.75) is 44.2 Å². The molecule has 1 aliphatic carbocycles. The molecule has 1 heterocycles. The van der Waals surface area contributed by atoms with Gasteiger partial charge in [-0.3, -0.25) is 4.79 Å². The maximum atomic E-state index is 12.0. The fourth-order valence-corrected chi connectivity index (χ4v) is 2.99. The lowest BCUT2D eigenvalue weighted by molar-refractivity contribution is -0.149. The van der Waals surface area contributed by atoms with Crippen molar-refractivity contribution in [1.29, 1.82) is 0 Å². The molecule has 2 fully saturated rings. The number of nitrogens with zero attached hydrogens (tertiary/aromatic N) is 1. The minimum absolute atomic E-state index is 0.262. The van der Waals surface area contributed by atoms with E-state index in [-0.39, 0.29) is 5.97 Å². The van der Waals surface area contributed by atoms with Gasteiger partial charge in [0.05, 0.1) is 13.2 Å². The van der Waals surface area contributed by atoms with Crippen LogP contribution < -0.4 is 5.73 Å². The Morgan fingerprint density at radius 2 is 1.95 bits per heavy atom. The largest absolute Gasteiger partial charge is 0.468 e. The molecule has 1 saturated carbocycles. The molecule has 110 valence electrons. The Labute approximate surface area is 115 Å². The van der Waals surface area contributed by atoms with E-state index in [2.05, 4.69) is 4.90 Å². The minimum atomic E-state index is -0.812. The average Bonchev–Trinajstić information content (AvgIpc) is 3.25. The van der Waals surface area contributed by atoms with Gasteiger partial charge < -0.3 is 20.1 Å². The summed E-state index contributed by atoms with van der Waals surface area (Å²) in [6.07, 6.45) is 4.50. The third kappa shape index (κ3) is 3.46. The molecule has 0 aromatic heterocycles. The van der Waals surface area contributed by atoms with Crippen molar-refractivity contribution in [2.24, 2.45) is 11.7 Å². The van der Waals surface area contributed by atoms with Crippen molar-refractivity contribution in [3.63, 3.8) is 0 Å². The number of rotatable bonds is 6. The van der Waals surface area contributed by atoms with Crippen LogP contribution in [0.4, 0.5) is 0 Å². The molecule has 0 aromatic rings. The van der Waals surface area contributed by atoms with Gasteiger partial charge in [-0.05, 0) is 38.5 Å². The first kappa shape index (κ1) is 14.8. The first-order chi connectivity index (χ1) is 9.10. The van der Waals surface area contributed by atoms with Crippen molar-refractivity contribution in [3.05, 3.63) is 0 Å². The summed E-state index contributed by atoms with van der Waals surface area (Å²) in [7, 11) is 1.42. The molecule has 2 N–H and O–H groups in total. The van der Waals surface area contributed by atoms with Crippen LogP contribution in [0.5, 0.6) is 0 Å². The number of methoxy groups -OCH3 is 1. The second-order valence-corrected chi connectivity index (χ2v) is 5.74. The van der Waals surface area contributed by atoms with Crippen molar-refractivity contribution >= 4 is 5.97 Å². The molecule has 2 aliphatic rings. The molecule has 2 rings (SSSR count). The van der Waals surface area contributed by atoms with Crippen LogP contribution in [0, 0.1) is 5.92 Å². The Morgan fingerprint density at radius 3 is 2.42 bits per heavy atom. The number of nitrogens with two attached hydrogens (primary N) is 1. The highest BCUT2D eigenvalue weighted by Gasteiger charge is 2.50. The lowest BCUT2D eigenvalue weighted by atomic mass is 9.92. The molecule has 0 amide bonds. The van der Waals surface area contributed by atoms with Gasteiger partial charge in [-0.2, -0.15) is 0 Å². The Hall–Kier alpha value is -0.650. The zero-order valence-corrected chi connectivity index (χ0v) is 12.1. The van der Waals surface area contributed by atoms with Crippen LogP contribution in [-0.4, -0.2) is 55.9 Å². The van der Waals surface area contributed by atoms with E-state index in [9.17, 15) is 4.79 Å². The molecule has 0 radical (unpaired) electrons. The van der Waals surface area contributed by atoms with Crippen LogP contribution in [0.3, 0.4) is 0 Å². The summed E-state index contributed by atoms with van der Waals surface area (Å²) >= 11 is 0. The van der Waals surface area contributed by atoms with Gasteiger partial charge in [0.15, 0.2) is 0 Å². The molecular formula is C14H26N2O3. The van der Waals surface area contributed by atoms with E-state index in [1.54, 1.807) is 0 Å². The van der Waals surface area contributed by atoms with E-state index in [4.69, 9.17) is 15.2 Å². The third-order valence-electron chi connectivity index (χ3n) is 4.29. The quantitative estimate of drug-likeness (QED) is 0.722. The van der Waals surface area contributed by atoms with Crippen molar-refractivity contribution in [2.75, 3.05) is 33.4 Å². The Morgan fingerprint density at radius 1 is 1.32 bits per heavy atom. The predicted octanol–water partition coefficient (Wildman–Crippen LogP) is 0.768. The average molecular weight is 270 g/mol. The maximum absolute atomic E-state index is 12.0. The Balaban J connectivity index is 1.87. The summed E-state index contributed by atoms with van der Waals surface area (Å²) in [5.41, 5.74) is 5.52. The predicted molar refractivity (Wildman–Crippen MR) is 72.7 cm³/mol. The van der Waals surface area contributed by atoms with Crippen molar-refractivity contribution < 1.29 is 14.3 Å². The molecule has 1 atom stereocenters. The van der Waals surface area contributed by atoms with Gasteiger partial charge in [0.1, 0.15) is 5.54 Å². The maximum Gasteiger partial charge on any atom is 0.327 e. The summed E-state index contributed by atoms with van der Waals surface area (Å²) in [6.45, 7) is 5.32. The molecule has 1 saturated heterocycles. The van der Waals surface area contributed by atoms with Crippen LogP contribution in [0.1, 0.15) is 32.6 Å². The zero-order valence-electron chi connectivity index (χ0n) is 12.1. The highest BCUT2D eigenvalue weighted by molar-refractivity contribution is 5.81. The summed E-state index contributed by atoms with van der Waals surface area (Å²) in [6, 6.07) is 0. The second kappa shape index (κ2) is 6.20. The lowest BCUT2D eigenvalue weighted by Crippen LogP contribution is -2.59. The number of carbonyl (C=O) groups excluding carboxylic acids is 1. The molecule has 5 nitrogen and oxygen atoms in total. The van der Waals surface area contributed by atoms with Crippen LogP contribution in [0.15, 0.2) is 0 Å². The highest BCUT2D eigenvalue weighted by atomic mass is 16.5. The number of likely N-dealkylation sites (tertiary alicyclic amines) is 1. The minimum Gasteiger partial charge on any atom is -0.468 e. The molecule has 1 aliphatic heterocycles. The molecule has 1 unspecified atom stereocenters. The summed E-state index contributed by atoms with van der Waals surface area (Å²) in [4.78, 5) is 14.2. The Kier molecular flexibility index (Phi) is 4.81. The highest BCUT2D eigenvalue weighted by Crippen LogP contribution is 2.39. The van der Waals surface area contributed by atoms with Crippen LogP contribution in [0.25, 0.3) is 0 Å². The second-order valence-electron chi connectivity index (χ2n) is 5.74. The number of esters is 1. The first-order valence-electron chi connectivity index (χ1n) is 7.31. The first-order valence-corrected chi connectivity index (χ1v) is 7.31. The SMILES string of the molecule is CCOC1CCN(CC(N)(C(=O)OC)C2CC2)CC1. The molecule has 5 heteroatoms. The molecule has 19 heavy (non-hydrogen) atoms. The van der Waals surface area contributed by atoms with E-state index >= 15 is 0 Å². The van der Waals surface area contributed by atoms with Gasteiger partial charge in [0, 0.05) is 26.2 Å². The van der Waals surface area contributed by atoms with Crippen molar-refractivity contribution in [1.82, 2.24) is 4.90 Å². The standard InChI is InChI=1S/C14H26N2O3/c1-3-19-12-6-8-16(9-7-12)10-14(15,11-4-5-11)13(17)18-2/h11-12H,3-10,15H2,1-2H3. The number of hydrogen-bond donors (Lipinski definition) is 1. The fourth-order valence-electron chi connectivity index (χ4n) is 2.99. The zero-order chi connectivity index (χ0) is 13.9. The van der Waals surface area contributed by atoms with Gasteiger partial charge in [-0.1, -0.05) is 0 Å². The third-order valence-corrected chi connectivity index (χ3v) is 4.29. The molecular weight excluding hydrogens is 244 g/mol. The number of piperidine rings is 1. The monoisotopic (exact) mass is 270 g/mol. The summed E-state index contributed by atoms with van der Waals surface area (Å²) in [5.74, 6) is 0.0338. The lowest BCUT2D eigenvalue weighted by Gasteiger charge is -2.37. The normalized spacial score (nSPS) is 25.0. The molecule has 0 bridgehead atoms. The van der Waals surface area contributed by atoms with Gasteiger partial charge in [-0.15, -0.1) is 0 Å². The van der Waals surface area contributed by atoms with Crippen molar-refractivity contribution in [3.8, 4) is 0 Å². The van der Waals surface area contributed by atoms with E-state index in [0.29, 0.717) is 18.6 Å². The topological polar surface area (TPSA) is 64.8 Å². The smallest absolute Gasteiger partial charge is 0.327 e. The van der Waals surface area contributed by atoms with E-state index in [1.807, 2.05) is 6.92 Å². The summed E-state index contributed by atoms with van der Waals surface area (Å²) in [5, 5.41) is 0. The van der Waals surface area contributed by atoms with Gasteiger partial charge >= 0.3 is 5.97 Å². The van der Waals surface area contributed by atoms with E-state index < -0.39 is 5.54 Å². The number of hydrogen-bond acceptors (Lipinski definition) is 5. The van der Waals surface area contributed by atoms with Gasteiger partial charge in [0.2, 0.25) is 0 Å². The Bertz CT molecular complexity index is 312. The fraction of sp³-hybridized carbons (Fsp3) is 0.929. The summed E-state index contributed by atoms with van der Waals surface area (Å²) < 4.78 is 10.5. The van der Waals surface area contributed by atoms with E-state index in [1.165, 1.54) is 7.11 Å². The van der Waals surface area contributed by atoms with Gasteiger partial charge in [0.25, 0.3) is 0 Å². The number of carbonyl (C=O) groups is 1. The molecule has 0 spiro atoms. The van der Waals surface area contributed by atoms with Crippen LogP contribution in [0.2, 0.25) is 0 Å².